The van der Waals surface area contributed by atoms with Gasteiger partial charge in [0.2, 0.25) is 0 Å². The molecule has 0 aliphatic carbocycles. The molecule has 0 radical (unpaired) electrons. The summed E-state index contributed by atoms with van der Waals surface area (Å²) in [7, 11) is 1.84. The van der Waals surface area contributed by atoms with Crippen LogP contribution in [0.5, 0.6) is 0 Å². The quantitative estimate of drug-likeness (QED) is 0.736. The summed E-state index contributed by atoms with van der Waals surface area (Å²) in [6.45, 7) is 6.70. The van der Waals surface area contributed by atoms with Crippen molar-refractivity contribution in [2.45, 2.75) is 33.2 Å². The summed E-state index contributed by atoms with van der Waals surface area (Å²) in [4.78, 5) is 14.1. The zero-order valence-corrected chi connectivity index (χ0v) is 11.9. The van der Waals surface area contributed by atoms with Crippen molar-refractivity contribution >= 4 is 5.78 Å². The molecule has 0 aliphatic rings. The summed E-state index contributed by atoms with van der Waals surface area (Å²) in [6, 6.07) is 2.64. The molecule has 0 amide bonds. The first-order valence-electron chi connectivity index (χ1n) is 6.56. The molecule has 0 aromatic heterocycles. The number of benzene rings is 1. The lowest BCUT2D eigenvalue weighted by Crippen LogP contribution is -2.38. The summed E-state index contributed by atoms with van der Waals surface area (Å²) in [6.07, 6.45) is 1.02. The van der Waals surface area contributed by atoms with Gasteiger partial charge in [-0.15, -0.1) is 0 Å². The number of carbonyl (C=O) groups is 1. The van der Waals surface area contributed by atoms with Gasteiger partial charge in [0.15, 0.2) is 5.78 Å². The Hall–Kier alpha value is -1.29. The normalized spacial score (nSPS) is 14.5. The summed E-state index contributed by atoms with van der Waals surface area (Å²) < 4.78 is 26.4. The highest BCUT2D eigenvalue weighted by Gasteiger charge is 2.23. The molecule has 0 saturated carbocycles. The van der Waals surface area contributed by atoms with Crippen molar-refractivity contribution in [1.29, 1.82) is 0 Å². The summed E-state index contributed by atoms with van der Waals surface area (Å²) in [5.74, 6) is -1.31. The fourth-order valence-electron chi connectivity index (χ4n) is 1.89. The van der Waals surface area contributed by atoms with Gasteiger partial charge in [0.25, 0.3) is 0 Å². The molecule has 4 heteroatoms. The van der Waals surface area contributed by atoms with Crippen molar-refractivity contribution in [2.75, 3.05) is 13.6 Å². The van der Waals surface area contributed by atoms with E-state index in [0.717, 1.165) is 25.1 Å². The number of nitrogens with zero attached hydrogens (tertiary/aromatic N) is 1. The van der Waals surface area contributed by atoms with Gasteiger partial charge in [-0.2, -0.15) is 0 Å². The van der Waals surface area contributed by atoms with Gasteiger partial charge in [-0.3, -0.25) is 9.69 Å². The van der Waals surface area contributed by atoms with Crippen molar-refractivity contribution in [3.05, 3.63) is 35.4 Å². The minimum atomic E-state index is -0.797. The Balaban J connectivity index is 2.81. The topological polar surface area (TPSA) is 20.3 Å². The molecule has 0 saturated heterocycles. The van der Waals surface area contributed by atoms with Gasteiger partial charge in [-0.05, 0) is 32.0 Å². The number of carbonyl (C=O) groups excluding carboxylic acids is 1. The molecule has 0 heterocycles. The van der Waals surface area contributed by atoms with Gasteiger partial charge < -0.3 is 0 Å². The standard InChI is InChI=1S/C15H21F2NO/c1-5-10(2)9-18(4)11(3)15(19)13-7-6-12(16)8-14(13)17/h6-8,10-11H,5,9H2,1-4H3. The smallest absolute Gasteiger partial charge is 0.182 e. The first-order chi connectivity index (χ1) is 8.86. The van der Waals surface area contributed by atoms with Crippen molar-refractivity contribution in [3.63, 3.8) is 0 Å². The van der Waals surface area contributed by atoms with Crippen LogP contribution in [-0.2, 0) is 0 Å². The zero-order valence-electron chi connectivity index (χ0n) is 11.9. The largest absolute Gasteiger partial charge is 0.296 e. The van der Waals surface area contributed by atoms with E-state index in [1.54, 1.807) is 6.92 Å². The second-order valence-corrected chi connectivity index (χ2v) is 5.12. The van der Waals surface area contributed by atoms with E-state index in [2.05, 4.69) is 13.8 Å². The Morgan fingerprint density at radius 3 is 2.47 bits per heavy atom. The van der Waals surface area contributed by atoms with E-state index >= 15 is 0 Å². The number of hydrogen-bond acceptors (Lipinski definition) is 2. The second kappa shape index (κ2) is 6.75. The van der Waals surface area contributed by atoms with Gasteiger partial charge >= 0.3 is 0 Å². The molecule has 1 aromatic carbocycles. The van der Waals surface area contributed by atoms with Crippen LogP contribution in [0.4, 0.5) is 8.78 Å². The lowest BCUT2D eigenvalue weighted by molar-refractivity contribution is 0.0850. The number of hydrogen-bond donors (Lipinski definition) is 0. The summed E-state index contributed by atoms with van der Waals surface area (Å²) in [5, 5.41) is 0. The maximum Gasteiger partial charge on any atom is 0.182 e. The highest BCUT2D eigenvalue weighted by atomic mass is 19.1. The van der Waals surface area contributed by atoms with Gasteiger partial charge in [-0.25, -0.2) is 8.78 Å². The Morgan fingerprint density at radius 1 is 1.32 bits per heavy atom. The summed E-state index contributed by atoms with van der Waals surface area (Å²) in [5.41, 5.74) is -0.0510. The van der Waals surface area contributed by atoms with Crippen LogP contribution >= 0.6 is 0 Å². The fraction of sp³-hybridized carbons (Fsp3) is 0.533. The average Bonchev–Trinajstić information content (AvgIpc) is 2.36. The van der Waals surface area contributed by atoms with Gasteiger partial charge in [0.1, 0.15) is 11.6 Å². The van der Waals surface area contributed by atoms with Crippen LogP contribution in [-0.4, -0.2) is 30.3 Å². The van der Waals surface area contributed by atoms with E-state index < -0.39 is 17.7 Å². The molecular weight excluding hydrogens is 248 g/mol. The van der Waals surface area contributed by atoms with Crippen molar-refractivity contribution in [1.82, 2.24) is 4.90 Å². The monoisotopic (exact) mass is 269 g/mol. The van der Waals surface area contributed by atoms with E-state index in [0.29, 0.717) is 5.92 Å². The maximum atomic E-state index is 13.6. The maximum absolute atomic E-state index is 13.6. The Bertz CT molecular complexity index is 448. The zero-order chi connectivity index (χ0) is 14.6. The SMILES string of the molecule is CCC(C)CN(C)C(C)C(=O)c1ccc(F)cc1F. The molecule has 19 heavy (non-hydrogen) atoms. The Morgan fingerprint density at radius 2 is 1.95 bits per heavy atom. The first-order valence-corrected chi connectivity index (χ1v) is 6.56. The summed E-state index contributed by atoms with van der Waals surface area (Å²) >= 11 is 0. The minimum absolute atomic E-state index is 0.0510. The lowest BCUT2D eigenvalue weighted by Gasteiger charge is -2.26. The molecule has 0 fully saturated rings. The van der Waals surface area contributed by atoms with E-state index in [1.165, 1.54) is 6.07 Å². The number of likely N-dealkylation sites (N-methyl/N-ethyl adjacent to an activating group) is 1. The molecule has 0 N–H and O–H groups in total. The van der Waals surface area contributed by atoms with Crippen molar-refractivity contribution < 1.29 is 13.6 Å². The third-order valence-electron chi connectivity index (χ3n) is 3.53. The van der Waals surface area contributed by atoms with Crippen LogP contribution in [0, 0.1) is 17.6 Å². The van der Waals surface area contributed by atoms with Crippen molar-refractivity contribution in [2.24, 2.45) is 5.92 Å². The molecule has 0 spiro atoms. The number of rotatable bonds is 6. The first kappa shape index (κ1) is 15.8. The van der Waals surface area contributed by atoms with Crippen LogP contribution in [0.15, 0.2) is 18.2 Å². The Kier molecular flexibility index (Phi) is 5.60. The van der Waals surface area contributed by atoms with Gasteiger partial charge in [0.05, 0.1) is 11.6 Å². The number of ketones is 1. The Labute approximate surface area is 113 Å². The molecule has 0 bridgehead atoms. The number of Topliss-reactive ketones (excluding diaryl/α,β-unsaturated/α-hetero) is 1. The lowest BCUT2D eigenvalue weighted by atomic mass is 10.0. The molecule has 1 aromatic rings. The predicted molar refractivity (Wildman–Crippen MR) is 72.2 cm³/mol. The average molecular weight is 269 g/mol. The van der Waals surface area contributed by atoms with Gasteiger partial charge in [-0.1, -0.05) is 20.3 Å². The molecule has 2 unspecified atom stereocenters. The number of halogens is 2. The highest BCUT2D eigenvalue weighted by Crippen LogP contribution is 2.15. The van der Waals surface area contributed by atoms with Crippen molar-refractivity contribution in [3.8, 4) is 0 Å². The van der Waals surface area contributed by atoms with E-state index in [1.807, 2.05) is 11.9 Å². The van der Waals surface area contributed by atoms with Crippen LogP contribution in [0.2, 0.25) is 0 Å². The second-order valence-electron chi connectivity index (χ2n) is 5.12. The third kappa shape index (κ3) is 4.10. The fourth-order valence-corrected chi connectivity index (χ4v) is 1.89. The molecule has 1 rings (SSSR count). The molecular formula is C15H21F2NO. The van der Waals surface area contributed by atoms with Crippen LogP contribution < -0.4 is 0 Å². The molecule has 106 valence electrons. The molecule has 0 aliphatic heterocycles. The highest BCUT2D eigenvalue weighted by molar-refractivity contribution is 6.00. The van der Waals surface area contributed by atoms with E-state index in [4.69, 9.17) is 0 Å². The molecule has 2 atom stereocenters. The van der Waals surface area contributed by atoms with Crippen LogP contribution in [0.1, 0.15) is 37.6 Å². The van der Waals surface area contributed by atoms with E-state index in [9.17, 15) is 13.6 Å². The van der Waals surface area contributed by atoms with Crippen LogP contribution in [0.25, 0.3) is 0 Å². The van der Waals surface area contributed by atoms with E-state index in [-0.39, 0.29) is 11.3 Å². The van der Waals surface area contributed by atoms with Crippen LogP contribution in [0.3, 0.4) is 0 Å². The third-order valence-corrected chi connectivity index (χ3v) is 3.53. The van der Waals surface area contributed by atoms with Gasteiger partial charge in [0, 0.05) is 12.6 Å². The molecule has 2 nitrogen and oxygen atoms in total. The minimum Gasteiger partial charge on any atom is -0.296 e. The predicted octanol–water partition coefficient (Wildman–Crippen LogP) is 3.51.